The van der Waals surface area contributed by atoms with Gasteiger partial charge >= 0.3 is 0 Å². The maximum atomic E-state index is 6.40. The molecular formula is C38H26BN2OS2. The van der Waals surface area contributed by atoms with Gasteiger partial charge in [0.25, 0.3) is 0 Å². The number of hydrogen-bond acceptors (Lipinski definition) is 5. The Kier molecular flexibility index (Phi) is 5.90. The molecule has 0 aliphatic carbocycles. The van der Waals surface area contributed by atoms with Crippen LogP contribution in [-0.4, -0.2) is 7.28 Å². The second kappa shape index (κ2) is 10.0. The average Bonchev–Trinajstić information content (AvgIpc) is 3.04. The summed E-state index contributed by atoms with van der Waals surface area (Å²) in [5.74, 6) is 1.75. The lowest BCUT2D eigenvalue weighted by Gasteiger charge is -2.39. The molecule has 0 saturated heterocycles. The molecule has 1 N–H and O–H groups in total. The summed E-state index contributed by atoms with van der Waals surface area (Å²) in [4.78, 5) is 7.56. The van der Waals surface area contributed by atoms with Crippen LogP contribution in [-0.2, 0) is 0 Å². The van der Waals surface area contributed by atoms with E-state index in [9.17, 15) is 0 Å². The number of hydrogen-bond donors (Lipinski definition) is 1. The molecule has 1 radical (unpaired) electrons. The molecule has 9 rings (SSSR count). The van der Waals surface area contributed by atoms with Crippen LogP contribution in [0, 0.1) is 13.8 Å². The lowest BCUT2D eigenvalue weighted by atomic mass is 9.58. The molecule has 209 valence electrons. The van der Waals surface area contributed by atoms with Crippen LogP contribution in [0.25, 0.3) is 11.1 Å². The van der Waals surface area contributed by atoms with Crippen molar-refractivity contribution >= 4 is 70.2 Å². The van der Waals surface area contributed by atoms with Gasteiger partial charge in [-0.15, -0.1) is 0 Å². The topological polar surface area (TPSA) is 24.5 Å². The first-order valence-electron chi connectivity index (χ1n) is 14.8. The van der Waals surface area contributed by atoms with Crippen molar-refractivity contribution in [1.82, 2.24) is 0 Å². The molecular weight excluding hydrogens is 575 g/mol. The number of ether oxygens (including phenoxy) is 1. The van der Waals surface area contributed by atoms with E-state index in [0.29, 0.717) is 0 Å². The van der Waals surface area contributed by atoms with E-state index in [2.05, 4.69) is 141 Å². The molecule has 0 aromatic heterocycles. The smallest absolute Gasteiger partial charge is 0.198 e. The highest BCUT2D eigenvalue weighted by atomic mass is 32.2. The molecule has 6 aromatic rings. The van der Waals surface area contributed by atoms with Crippen molar-refractivity contribution in [1.29, 1.82) is 0 Å². The first-order valence-corrected chi connectivity index (χ1v) is 16.4. The number of nitrogens with zero attached hydrogens (tertiary/aromatic N) is 1. The Morgan fingerprint density at radius 2 is 1.34 bits per heavy atom. The molecule has 6 heteroatoms. The Morgan fingerprint density at radius 3 is 2.18 bits per heavy atom. The van der Waals surface area contributed by atoms with Crippen LogP contribution in [0.3, 0.4) is 0 Å². The molecule has 3 aliphatic heterocycles. The normalized spacial score (nSPS) is 13.4. The van der Waals surface area contributed by atoms with Crippen molar-refractivity contribution in [2.75, 3.05) is 10.2 Å². The summed E-state index contributed by atoms with van der Waals surface area (Å²) >= 11 is 3.71. The van der Waals surface area contributed by atoms with Crippen LogP contribution in [0.15, 0.2) is 135 Å². The van der Waals surface area contributed by atoms with Gasteiger partial charge in [-0.05, 0) is 90.6 Å². The molecule has 0 atom stereocenters. The highest BCUT2D eigenvalue weighted by Gasteiger charge is 2.35. The van der Waals surface area contributed by atoms with Gasteiger partial charge in [-0.2, -0.15) is 0 Å². The van der Waals surface area contributed by atoms with E-state index in [0.717, 1.165) is 39.7 Å². The van der Waals surface area contributed by atoms with Crippen molar-refractivity contribution in [3.63, 3.8) is 0 Å². The monoisotopic (exact) mass is 601 g/mol. The highest BCUT2D eigenvalue weighted by Crippen LogP contribution is 2.53. The lowest BCUT2D eigenvalue weighted by molar-refractivity contribution is 0.477. The van der Waals surface area contributed by atoms with Gasteiger partial charge in [0.1, 0.15) is 0 Å². The van der Waals surface area contributed by atoms with Crippen molar-refractivity contribution in [3.05, 3.63) is 126 Å². The van der Waals surface area contributed by atoms with Crippen molar-refractivity contribution in [2.45, 2.75) is 33.4 Å². The van der Waals surface area contributed by atoms with Gasteiger partial charge in [0, 0.05) is 42.2 Å². The quantitative estimate of drug-likeness (QED) is 0.203. The van der Waals surface area contributed by atoms with Crippen LogP contribution in [0.5, 0.6) is 11.5 Å². The molecule has 3 nitrogen and oxygen atoms in total. The molecule has 0 bridgehead atoms. The predicted molar refractivity (Wildman–Crippen MR) is 186 cm³/mol. The predicted octanol–water partition coefficient (Wildman–Crippen LogP) is 9.87. The fourth-order valence-electron chi connectivity index (χ4n) is 6.45. The minimum Gasteiger partial charge on any atom is -0.453 e. The van der Waals surface area contributed by atoms with Gasteiger partial charge in [0.2, 0.25) is 0 Å². The molecule has 44 heavy (non-hydrogen) atoms. The number of nitrogens with one attached hydrogen (secondary N) is 1. The standard InChI is InChI=1S/C38H26BN2OS2/c1-22-18-25(37-30(19-22)41-29-13-5-6-14-31(29)42-32-15-9-11-26(39-37)38(32)41)24-20-35-36(44-34-17-8-7-16-33(34)43-35)21-28(24)40-27-12-4-3-10-23(27)2/h3-21,40H,1-2H3. The van der Waals surface area contributed by atoms with E-state index >= 15 is 0 Å². The first-order chi connectivity index (χ1) is 21.6. The van der Waals surface area contributed by atoms with E-state index in [1.807, 2.05) is 29.6 Å². The Balaban J connectivity index is 1.28. The molecule has 3 aliphatic rings. The lowest BCUT2D eigenvalue weighted by Crippen LogP contribution is -2.42. The van der Waals surface area contributed by atoms with Gasteiger partial charge in [0.05, 0.1) is 11.4 Å². The zero-order valence-electron chi connectivity index (χ0n) is 24.2. The Labute approximate surface area is 266 Å². The molecule has 6 aromatic carbocycles. The van der Waals surface area contributed by atoms with Gasteiger partial charge < -0.3 is 15.0 Å². The number of para-hydroxylation sites is 4. The second-order valence-corrected chi connectivity index (χ2v) is 13.6. The third kappa shape index (κ3) is 4.09. The fraction of sp³-hybridized carbons (Fsp3) is 0.0526. The molecule has 0 spiro atoms. The molecule has 0 saturated carbocycles. The van der Waals surface area contributed by atoms with Crippen LogP contribution in [0.1, 0.15) is 11.1 Å². The largest absolute Gasteiger partial charge is 0.453 e. The SMILES string of the molecule is Cc1cc(-c2cc3c(cc2Nc2ccccc2C)Sc2ccccc2S3)c2c(c1)N1c3ccccc3Oc3cccc(c31)[B]2. The van der Waals surface area contributed by atoms with Crippen molar-refractivity contribution in [2.24, 2.45) is 0 Å². The third-order valence-electron chi connectivity index (χ3n) is 8.50. The average molecular weight is 602 g/mol. The Bertz CT molecular complexity index is 2160. The van der Waals surface area contributed by atoms with Crippen molar-refractivity contribution in [3.8, 4) is 22.6 Å². The van der Waals surface area contributed by atoms with Crippen LogP contribution in [0.4, 0.5) is 28.4 Å². The van der Waals surface area contributed by atoms with Crippen molar-refractivity contribution < 1.29 is 4.74 Å². The van der Waals surface area contributed by atoms with Gasteiger partial charge in [0.15, 0.2) is 18.8 Å². The zero-order chi connectivity index (χ0) is 29.4. The Hall–Kier alpha value is -4.52. The maximum Gasteiger partial charge on any atom is 0.198 e. The molecule has 0 unspecified atom stereocenters. The summed E-state index contributed by atoms with van der Waals surface area (Å²) in [5, 5.41) is 3.85. The number of benzene rings is 6. The van der Waals surface area contributed by atoms with Crippen LogP contribution < -0.4 is 25.9 Å². The molecule has 3 heterocycles. The van der Waals surface area contributed by atoms with Gasteiger partial charge in [-0.25, -0.2) is 0 Å². The minimum absolute atomic E-state index is 0.871. The summed E-state index contributed by atoms with van der Waals surface area (Å²) in [6.45, 7) is 4.36. The maximum absolute atomic E-state index is 6.40. The number of aryl methyl sites for hydroxylation is 2. The first kappa shape index (κ1) is 25.9. The number of fused-ring (bicyclic) bond motifs is 6. The summed E-state index contributed by atoms with van der Waals surface area (Å²) in [5.41, 5.74) is 12.7. The third-order valence-corrected chi connectivity index (χ3v) is 11.0. The highest BCUT2D eigenvalue weighted by molar-refractivity contribution is 8.05. The van der Waals surface area contributed by atoms with E-state index < -0.39 is 0 Å². The van der Waals surface area contributed by atoms with E-state index in [1.54, 1.807) is 0 Å². The zero-order valence-corrected chi connectivity index (χ0v) is 25.9. The van der Waals surface area contributed by atoms with Crippen LogP contribution >= 0.6 is 23.5 Å². The molecule has 0 fully saturated rings. The van der Waals surface area contributed by atoms with Crippen LogP contribution in [0.2, 0.25) is 0 Å². The summed E-state index contributed by atoms with van der Waals surface area (Å²) in [6, 6.07) is 41.3. The molecule has 0 amide bonds. The summed E-state index contributed by atoms with van der Waals surface area (Å²) in [6.07, 6.45) is 0. The Morgan fingerprint density at radius 1 is 0.614 bits per heavy atom. The summed E-state index contributed by atoms with van der Waals surface area (Å²) < 4.78 is 6.40. The second-order valence-electron chi connectivity index (χ2n) is 11.4. The van der Waals surface area contributed by atoms with Gasteiger partial charge in [-0.1, -0.05) is 89.7 Å². The van der Waals surface area contributed by atoms with E-state index in [1.165, 1.54) is 53.0 Å². The number of anilines is 5. The van der Waals surface area contributed by atoms with E-state index in [4.69, 9.17) is 4.74 Å². The number of rotatable bonds is 3. The fourth-order valence-corrected chi connectivity index (χ4v) is 8.72. The summed E-state index contributed by atoms with van der Waals surface area (Å²) in [7, 11) is 2.34. The minimum atomic E-state index is 0.871. The van der Waals surface area contributed by atoms with E-state index in [-0.39, 0.29) is 0 Å². The van der Waals surface area contributed by atoms with Gasteiger partial charge in [-0.3, -0.25) is 0 Å².